The third-order valence-electron chi connectivity index (χ3n) is 2.20. The van der Waals surface area contributed by atoms with E-state index in [0.717, 1.165) is 0 Å². The van der Waals surface area contributed by atoms with Gasteiger partial charge < -0.3 is 17.3 Å². The Hall–Kier alpha value is 0.250. The summed E-state index contributed by atoms with van der Waals surface area (Å²) in [5, 5.41) is 0. The fourth-order valence-corrected chi connectivity index (χ4v) is 1.42. The van der Waals surface area contributed by atoms with E-state index in [1.807, 2.05) is 0 Å². The number of unbranched alkanes of at least 4 members (excludes halogenated alkanes) is 2. The van der Waals surface area contributed by atoms with Crippen LogP contribution in [-0.4, -0.2) is 24.5 Å². The molecule has 0 unspecified atom stereocenters. The van der Waals surface area contributed by atoms with Gasteiger partial charge >= 0.3 is 1.43 Å². The summed E-state index contributed by atoms with van der Waals surface area (Å²) in [6, 6.07) is 0. The van der Waals surface area contributed by atoms with Gasteiger partial charge in [0.05, 0.1) is 0 Å². The van der Waals surface area contributed by atoms with Crippen LogP contribution in [0.2, 0.25) is 0 Å². The predicted octanol–water partition coefficient (Wildman–Crippen LogP) is 0.415. The number of rotatable bonds is 8. The van der Waals surface area contributed by atoms with Crippen LogP contribution in [0.3, 0.4) is 0 Å². The first-order valence-corrected chi connectivity index (χ1v) is 5.57. The summed E-state index contributed by atoms with van der Waals surface area (Å²) in [4.78, 5) is 2.60. The Morgan fingerprint density at radius 3 is 1.54 bits per heavy atom. The molecule has 1 nitrogen and oxygen atoms in total. The highest BCUT2D eigenvalue weighted by atomic mass is 35.5. The van der Waals surface area contributed by atoms with Gasteiger partial charge in [0.2, 0.25) is 0 Å². The molecule has 0 saturated heterocycles. The van der Waals surface area contributed by atoms with Crippen LogP contribution in [0.5, 0.6) is 0 Å². The van der Waals surface area contributed by atoms with E-state index in [-0.39, 0.29) is 13.8 Å². The Morgan fingerprint density at radius 1 is 0.769 bits per heavy atom. The Balaban J connectivity index is -0.000000605. The molecular weight excluding hydrogens is 182 g/mol. The van der Waals surface area contributed by atoms with Crippen LogP contribution in [-0.2, 0) is 0 Å². The second-order valence-corrected chi connectivity index (χ2v) is 3.55. The molecule has 13 heavy (non-hydrogen) atoms. The van der Waals surface area contributed by atoms with Crippen molar-refractivity contribution in [3.63, 3.8) is 0 Å². The molecule has 0 aliphatic heterocycles. The van der Waals surface area contributed by atoms with Crippen molar-refractivity contribution in [1.29, 1.82) is 0 Å². The zero-order valence-electron chi connectivity index (χ0n) is 10.5. The Morgan fingerprint density at radius 2 is 1.23 bits per heavy atom. The molecule has 0 rings (SSSR count). The fraction of sp³-hybridized carbons (Fsp3) is 1.00. The summed E-state index contributed by atoms with van der Waals surface area (Å²) in [7, 11) is 0. The number of hydrogen-bond donors (Lipinski definition) is 0. The maximum atomic E-state index is 2.60. The number of halogens is 1. The van der Waals surface area contributed by atoms with Crippen molar-refractivity contribution in [3.8, 4) is 0 Å². The standard InChI is InChI=1S/C11H25N.ClH/c1-4-7-10-12(9-6-3)11-8-5-2;/h4-11H2,1-3H3;1H. The quantitative estimate of drug-likeness (QED) is 0.558. The monoisotopic (exact) mass is 207 g/mol. The SMILES string of the molecule is CCCCN(CCC)CCCC.[Cl-].[H+]. The minimum absolute atomic E-state index is 0. The molecule has 0 heterocycles. The van der Waals surface area contributed by atoms with Crippen LogP contribution in [0.25, 0.3) is 0 Å². The highest BCUT2D eigenvalue weighted by Crippen LogP contribution is 1.99. The van der Waals surface area contributed by atoms with Crippen molar-refractivity contribution in [2.45, 2.75) is 52.9 Å². The van der Waals surface area contributed by atoms with Crippen LogP contribution >= 0.6 is 0 Å². The van der Waals surface area contributed by atoms with E-state index >= 15 is 0 Å². The van der Waals surface area contributed by atoms with Crippen molar-refractivity contribution in [3.05, 3.63) is 0 Å². The van der Waals surface area contributed by atoms with Crippen LogP contribution in [0.15, 0.2) is 0 Å². The summed E-state index contributed by atoms with van der Waals surface area (Å²) >= 11 is 0. The maximum absolute atomic E-state index is 2.60. The molecule has 0 radical (unpaired) electrons. The molecule has 0 aliphatic carbocycles. The normalized spacial score (nSPS) is 10.2. The van der Waals surface area contributed by atoms with E-state index in [1.165, 1.54) is 51.7 Å². The molecule has 0 aliphatic rings. The van der Waals surface area contributed by atoms with Crippen LogP contribution in [0.1, 0.15) is 54.3 Å². The summed E-state index contributed by atoms with van der Waals surface area (Å²) in [6.07, 6.45) is 6.68. The van der Waals surface area contributed by atoms with Gasteiger partial charge in [0.25, 0.3) is 0 Å². The average Bonchev–Trinajstić information content (AvgIpc) is 2.10. The van der Waals surface area contributed by atoms with Gasteiger partial charge in [-0.15, -0.1) is 0 Å². The first-order valence-electron chi connectivity index (χ1n) is 5.57. The molecule has 0 aromatic heterocycles. The molecule has 82 valence electrons. The molecule has 0 aromatic rings. The van der Waals surface area contributed by atoms with Gasteiger partial charge in [-0.1, -0.05) is 33.6 Å². The van der Waals surface area contributed by atoms with Crippen molar-refractivity contribution in [1.82, 2.24) is 4.90 Å². The van der Waals surface area contributed by atoms with Gasteiger partial charge in [-0.25, -0.2) is 0 Å². The van der Waals surface area contributed by atoms with Crippen molar-refractivity contribution in [2.24, 2.45) is 0 Å². The second kappa shape index (κ2) is 12.2. The lowest BCUT2D eigenvalue weighted by Gasteiger charge is -2.20. The number of nitrogens with zero attached hydrogens (tertiary/aromatic N) is 1. The van der Waals surface area contributed by atoms with Gasteiger partial charge in [-0.05, 0) is 38.9 Å². The Labute approximate surface area is 91.8 Å². The van der Waals surface area contributed by atoms with Crippen LogP contribution in [0.4, 0.5) is 0 Å². The zero-order valence-corrected chi connectivity index (χ0v) is 10.2. The summed E-state index contributed by atoms with van der Waals surface area (Å²) < 4.78 is 0. The molecule has 2 heteroatoms. The summed E-state index contributed by atoms with van der Waals surface area (Å²) in [5.74, 6) is 0. The molecule has 0 saturated carbocycles. The smallest absolute Gasteiger partial charge is 1.00 e. The predicted molar refractivity (Wildman–Crippen MR) is 57.7 cm³/mol. The van der Waals surface area contributed by atoms with Crippen LogP contribution in [0, 0.1) is 0 Å². The highest BCUT2D eigenvalue weighted by molar-refractivity contribution is 4.56. The van der Waals surface area contributed by atoms with E-state index in [0.29, 0.717) is 0 Å². The molecule has 0 atom stereocenters. The lowest BCUT2D eigenvalue weighted by molar-refractivity contribution is -0.00000283. The van der Waals surface area contributed by atoms with E-state index in [9.17, 15) is 0 Å². The maximum Gasteiger partial charge on any atom is 1.00 e. The van der Waals surface area contributed by atoms with Crippen molar-refractivity contribution < 1.29 is 13.8 Å². The van der Waals surface area contributed by atoms with Gasteiger partial charge in [0.15, 0.2) is 0 Å². The van der Waals surface area contributed by atoms with E-state index in [2.05, 4.69) is 25.7 Å². The van der Waals surface area contributed by atoms with Crippen molar-refractivity contribution in [2.75, 3.05) is 19.6 Å². The lowest BCUT2D eigenvalue weighted by atomic mass is 10.2. The largest absolute Gasteiger partial charge is 1.00 e. The molecule has 0 amide bonds. The minimum atomic E-state index is 0. The van der Waals surface area contributed by atoms with Gasteiger partial charge in [-0.3, -0.25) is 0 Å². The van der Waals surface area contributed by atoms with Gasteiger partial charge in [-0.2, -0.15) is 0 Å². The molecule has 0 aromatic carbocycles. The van der Waals surface area contributed by atoms with E-state index < -0.39 is 0 Å². The molecule has 0 N–H and O–H groups in total. The molecule has 0 fully saturated rings. The topological polar surface area (TPSA) is 3.24 Å². The number of hydrogen-bond acceptors (Lipinski definition) is 1. The fourth-order valence-electron chi connectivity index (χ4n) is 1.42. The Kier molecular flexibility index (Phi) is 14.8. The Bertz CT molecular complexity index is 83.4. The molecule has 0 spiro atoms. The first kappa shape index (κ1) is 15.7. The van der Waals surface area contributed by atoms with E-state index in [4.69, 9.17) is 0 Å². The molecule has 0 bridgehead atoms. The van der Waals surface area contributed by atoms with Gasteiger partial charge in [0, 0.05) is 0 Å². The first-order chi connectivity index (χ1) is 5.85. The van der Waals surface area contributed by atoms with Gasteiger partial charge in [0.1, 0.15) is 0 Å². The summed E-state index contributed by atoms with van der Waals surface area (Å²) in [6.45, 7) is 10.7. The second-order valence-electron chi connectivity index (χ2n) is 3.55. The summed E-state index contributed by atoms with van der Waals surface area (Å²) in [5.41, 5.74) is 0. The third kappa shape index (κ3) is 10.2. The third-order valence-corrected chi connectivity index (χ3v) is 2.20. The average molecular weight is 208 g/mol. The highest BCUT2D eigenvalue weighted by Gasteiger charge is 2.00. The van der Waals surface area contributed by atoms with Crippen LogP contribution < -0.4 is 12.4 Å². The van der Waals surface area contributed by atoms with Crippen molar-refractivity contribution >= 4 is 0 Å². The lowest BCUT2D eigenvalue weighted by Crippen LogP contribution is -3.00. The minimum Gasteiger partial charge on any atom is -1.00 e. The molecular formula is C11H26ClN. The van der Waals surface area contributed by atoms with E-state index in [1.54, 1.807) is 0 Å². The zero-order chi connectivity index (χ0) is 9.23.